The SMILES string of the molecule is Cn1c(=O)c2c(-c3cccc(Br)c3)[nH]c(=O)[nH+]c2n(C)c1=O. The molecule has 2 heterocycles. The van der Waals surface area contributed by atoms with Gasteiger partial charge in [-0.1, -0.05) is 28.1 Å². The van der Waals surface area contributed by atoms with Gasteiger partial charge in [0.15, 0.2) is 5.39 Å². The van der Waals surface area contributed by atoms with Crippen LogP contribution in [0.4, 0.5) is 0 Å². The third-order valence-electron chi connectivity index (χ3n) is 3.50. The smallest absolute Gasteiger partial charge is 0.268 e. The van der Waals surface area contributed by atoms with Crippen LogP contribution >= 0.6 is 15.9 Å². The van der Waals surface area contributed by atoms with Crippen molar-refractivity contribution in [3.8, 4) is 11.3 Å². The quantitative estimate of drug-likeness (QED) is 0.667. The molecule has 0 radical (unpaired) electrons. The van der Waals surface area contributed by atoms with Gasteiger partial charge in [0.2, 0.25) is 5.65 Å². The zero-order chi connectivity index (χ0) is 16.0. The molecule has 0 spiro atoms. The van der Waals surface area contributed by atoms with Crippen molar-refractivity contribution in [3.05, 3.63) is 60.1 Å². The second kappa shape index (κ2) is 5.06. The van der Waals surface area contributed by atoms with Gasteiger partial charge in [0.05, 0.1) is 7.05 Å². The molecular weight excluding hydrogens is 352 g/mol. The molecule has 0 aliphatic rings. The summed E-state index contributed by atoms with van der Waals surface area (Å²) in [5, 5.41) is 0.252. The first-order chi connectivity index (χ1) is 10.4. The highest BCUT2D eigenvalue weighted by Gasteiger charge is 2.20. The maximum absolute atomic E-state index is 12.5. The molecule has 0 atom stereocenters. The summed E-state index contributed by atoms with van der Waals surface area (Å²) < 4.78 is 3.07. The van der Waals surface area contributed by atoms with E-state index in [9.17, 15) is 14.4 Å². The third-order valence-corrected chi connectivity index (χ3v) is 3.99. The van der Waals surface area contributed by atoms with E-state index in [0.29, 0.717) is 11.3 Å². The van der Waals surface area contributed by atoms with Crippen molar-refractivity contribution in [2.75, 3.05) is 0 Å². The van der Waals surface area contributed by atoms with E-state index in [1.54, 1.807) is 18.2 Å². The van der Waals surface area contributed by atoms with E-state index in [4.69, 9.17) is 0 Å². The van der Waals surface area contributed by atoms with Gasteiger partial charge >= 0.3 is 11.4 Å². The Morgan fingerprint density at radius 1 is 1.14 bits per heavy atom. The number of H-pyrrole nitrogens is 2. The van der Waals surface area contributed by atoms with Crippen LogP contribution < -0.4 is 21.9 Å². The maximum Gasteiger partial charge on any atom is 0.439 e. The summed E-state index contributed by atoms with van der Waals surface area (Å²) >= 11 is 3.36. The Bertz CT molecular complexity index is 1080. The average Bonchev–Trinajstić information content (AvgIpc) is 2.50. The summed E-state index contributed by atoms with van der Waals surface area (Å²) in [6, 6.07) is 7.20. The number of nitrogens with zero attached hydrogens (tertiary/aromatic N) is 2. The van der Waals surface area contributed by atoms with Crippen LogP contribution in [-0.4, -0.2) is 14.1 Å². The topological polar surface area (TPSA) is 91.0 Å². The molecule has 0 aliphatic carbocycles. The molecule has 2 aromatic heterocycles. The van der Waals surface area contributed by atoms with Gasteiger partial charge in [0.25, 0.3) is 5.56 Å². The fourth-order valence-electron chi connectivity index (χ4n) is 2.39. The predicted octanol–water partition coefficient (Wildman–Crippen LogP) is 0.169. The Labute approximate surface area is 132 Å². The van der Waals surface area contributed by atoms with Gasteiger partial charge in [0, 0.05) is 17.1 Å². The number of aromatic amines is 2. The Hall–Kier alpha value is -2.48. The normalized spacial score (nSPS) is 11.0. The van der Waals surface area contributed by atoms with E-state index in [0.717, 1.165) is 9.04 Å². The summed E-state index contributed by atoms with van der Waals surface area (Å²) in [6.07, 6.45) is 0. The van der Waals surface area contributed by atoms with Crippen molar-refractivity contribution in [2.45, 2.75) is 0 Å². The van der Waals surface area contributed by atoms with E-state index in [1.807, 2.05) is 6.07 Å². The van der Waals surface area contributed by atoms with Crippen molar-refractivity contribution >= 4 is 27.0 Å². The molecule has 8 heteroatoms. The Kier molecular flexibility index (Phi) is 3.32. The third kappa shape index (κ3) is 2.12. The lowest BCUT2D eigenvalue weighted by atomic mass is 10.1. The molecule has 0 aliphatic heterocycles. The summed E-state index contributed by atoms with van der Waals surface area (Å²) in [5.74, 6) is 0. The Morgan fingerprint density at radius 3 is 2.55 bits per heavy atom. The number of benzene rings is 1. The minimum absolute atomic E-state index is 0.187. The van der Waals surface area contributed by atoms with E-state index >= 15 is 0 Å². The van der Waals surface area contributed by atoms with Gasteiger partial charge in [-0.15, -0.1) is 0 Å². The molecule has 0 saturated carbocycles. The number of aryl methyl sites for hydroxylation is 1. The highest BCUT2D eigenvalue weighted by atomic mass is 79.9. The van der Waals surface area contributed by atoms with Crippen molar-refractivity contribution in [2.24, 2.45) is 14.1 Å². The number of hydrogen-bond donors (Lipinski definition) is 1. The largest absolute Gasteiger partial charge is 0.439 e. The lowest BCUT2D eigenvalue weighted by Crippen LogP contribution is -2.43. The zero-order valence-electron chi connectivity index (χ0n) is 11.8. The van der Waals surface area contributed by atoms with Crippen molar-refractivity contribution in [1.82, 2.24) is 14.1 Å². The van der Waals surface area contributed by atoms with Crippen molar-refractivity contribution < 1.29 is 4.98 Å². The van der Waals surface area contributed by atoms with Gasteiger partial charge in [-0.05, 0) is 12.1 Å². The van der Waals surface area contributed by atoms with E-state index < -0.39 is 16.9 Å². The lowest BCUT2D eigenvalue weighted by molar-refractivity contribution is -0.374. The Morgan fingerprint density at radius 2 is 1.86 bits per heavy atom. The highest BCUT2D eigenvalue weighted by molar-refractivity contribution is 9.10. The number of fused-ring (bicyclic) bond motifs is 1. The standard InChI is InChI=1S/C14H11BrN4O3/c1-18-11-9(12(20)19(2)14(18)22)10(16-13(21)17-11)7-4-3-5-8(15)6-7/h3-6H,1-2H3,(H,16,17,21)/p+1. The molecule has 0 saturated heterocycles. The van der Waals surface area contributed by atoms with Crippen LogP contribution in [0.15, 0.2) is 43.1 Å². The van der Waals surface area contributed by atoms with E-state index in [2.05, 4.69) is 25.9 Å². The van der Waals surface area contributed by atoms with Gasteiger partial charge in [-0.3, -0.25) is 4.79 Å². The van der Waals surface area contributed by atoms with Crippen LogP contribution in [0.25, 0.3) is 22.3 Å². The number of nitrogens with one attached hydrogen (secondary N) is 2. The molecule has 22 heavy (non-hydrogen) atoms. The predicted molar refractivity (Wildman–Crippen MR) is 84.7 cm³/mol. The van der Waals surface area contributed by atoms with Crippen molar-refractivity contribution in [3.63, 3.8) is 0 Å². The first-order valence-corrected chi connectivity index (χ1v) is 7.20. The molecule has 0 fully saturated rings. The molecule has 112 valence electrons. The van der Waals surface area contributed by atoms with Gasteiger partial charge < -0.3 is 0 Å². The van der Waals surface area contributed by atoms with Crippen LogP contribution in [0.5, 0.6) is 0 Å². The Balaban J connectivity index is 2.59. The monoisotopic (exact) mass is 363 g/mol. The van der Waals surface area contributed by atoms with Crippen LogP contribution in [0.1, 0.15) is 0 Å². The lowest BCUT2D eigenvalue weighted by Gasteiger charge is -2.06. The second-order valence-electron chi connectivity index (χ2n) is 4.89. The first-order valence-electron chi connectivity index (χ1n) is 6.41. The molecule has 1 aromatic carbocycles. The summed E-state index contributed by atoms with van der Waals surface area (Å²) in [5.41, 5.74) is -0.241. The molecule has 3 rings (SSSR count). The van der Waals surface area contributed by atoms with Gasteiger partial charge in [0.1, 0.15) is 5.69 Å². The fraction of sp³-hybridized carbons (Fsp3) is 0.143. The summed E-state index contributed by atoms with van der Waals surface area (Å²) in [7, 11) is 2.91. The minimum atomic E-state index is -0.500. The molecule has 0 unspecified atom stereocenters. The van der Waals surface area contributed by atoms with Crippen LogP contribution in [-0.2, 0) is 14.1 Å². The first kappa shape index (κ1) is 14.5. The fourth-order valence-corrected chi connectivity index (χ4v) is 2.79. The van der Waals surface area contributed by atoms with Crippen LogP contribution in [0, 0.1) is 0 Å². The molecule has 2 N–H and O–H groups in total. The molecular formula is C14H12BrN4O3+. The number of hydrogen-bond acceptors (Lipinski definition) is 3. The van der Waals surface area contributed by atoms with Crippen molar-refractivity contribution in [1.29, 1.82) is 0 Å². The number of aromatic nitrogens is 4. The average molecular weight is 364 g/mol. The number of rotatable bonds is 1. The molecule has 7 nitrogen and oxygen atoms in total. The zero-order valence-corrected chi connectivity index (χ0v) is 13.4. The second-order valence-corrected chi connectivity index (χ2v) is 5.81. The minimum Gasteiger partial charge on any atom is -0.268 e. The van der Waals surface area contributed by atoms with Crippen LogP contribution in [0.2, 0.25) is 0 Å². The molecule has 0 bridgehead atoms. The highest BCUT2D eigenvalue weighted by Crippen LogP contribution is 2.23. The van der Waals surface area contributed by atoms with Crippen LogP contribution in [0.3, 0.4) is 0 Å². The number of halogens is 1. The van der Waals surface area contributed by atoms with E-state index in [-0.39, 0.29) is 11.0 Å². The maximum atomic E-state index is 12.5. The molecule has 0 amide bonds. The van der Waals surface area contributed by atoms with Gasteiger partial charge in [-0.25, -0.2) is 28.7 Å². The summed E-state index contributed by atoms with van der Waals surface area (Å²) in [6.45, 7) is 0. The van der Waals surface area contributed by atoms with E-state index in [1.165, 1.54) is 18.7 Å². The molecule has 3 aromatic rings. The summed E-state index contributed by atoms with van der Waals surface area (Å²) in [4.78, 5) is 41.5. The van der Waals surface area contributed by atoms with Gasteiger partial charge in [-0.2, -0.15) is 0 Å².